The molecular formula is C16H22N2O3S. The summed E-state index contributed by atoms with van der Waals surface area (Å²) in [5.41, 5.74) is 1.04. The third-order valence-electron chi connectivity index (χ3n) is 4.59. The zero-order chi connectivity index (χ0) is 15.6. The first-order chi connectivity index (χ1) is 10.5. The Balaban J connectivity index is 1.50. The van der Waals surface area contributed by atoms with Crippen molar-refractivity contribution in [3.63, 3.8) is 0 Å². The summed E-state index contributed by atoms with van der Waals surface area (Å²) < 4.78 is 23.1. The largest absolute Gasteiger partial charge is 0.340 e. The Kier molecular flexibility index (Phi) is 4.49. The van der Waals surface area contributed by atoms with Crippen LogP contribution in [-0.4, -0.2) is 67.9 Å². The van der Waals surface area contributed by atoms with Gasteiger partial charge in [-0.05, 0) is 12.0 Å². The van der Waals surface area contributed by atoms with E-state index >= 15 is 0 Å². The van der Waals surface area contributed by atoms with Gasteiger partial charge in [-0.3, -0.25) is 9.69 Å². The zero-order valence-corrected chi connectivity index (χ0v) is 13.5. The summed E-state index contributed by atoms with van der Waals surface area (Å²) in [6, 6.07) is 9.93. The van der Waals surface area contributed by atoms with E-state index in [9.17, 15) is 13.2 Å². The fourth-order valence-corrected chi connectivity index (χ4v) is 5.04. The fraction of sp³-hybridized carbons (Fsp3) is 0.562. The van der Waals surface area contributed by atoms with Gasteiger partial charge in [0.05, 0.1) is 17.9 Å². The van der Waals surface area contributed by atoms with Crippen molar-refractivity contribution in [1.82, 2.24) is 9.80 Å². The lowest BCUT2D eigenvalue weighted by molar-refractivity contribution is -0.132. The van der Waals surface area contributed by atoms with Crippen LogP contribution < -0.4 is 0 Å². The molecule has 1 unspecified atom stereocenters. The van der Waals surface area contributed by atoms with Gasteiger partial charge in [-0.25, -0.2) is 8.42 Å². The Hall–Kier alpha value is -1.40. The predicted molar refractivity (Wildman–Crippen MR) is 85.4 cm³/mol. The monoisotopic (exact) mass is 322 g/mol. The highest BCUT2D eigenvalue weighted by molar-refractivity contribution is 7.91. The van der Waals surface area contributed by atoms with E-state index in [2.05, 4.69) is 4.90 Å². The number of hydrogen-bond donors (Lipinski definition) is 0. The minimum Gasteiger partial charge on any atom is -0.340 e. The second-order valence-corrected chi connectivity index (χ2v) is 8.36. The van der Waals surface area contributed by atoms with Crippen molar-refractivity contribution in [2.45, 2.75) is 18.9 Å². The first-order valence-electron chi connectivity index (χ1n) is 7.80. The lowest BCUT2D eigenvalue weighted by Crippen LogP contribution is -2.52. The van der Waals surface area contributed by atoms with Gasteiger partial charge in [0, 0.05) is 32.2 Å². The van der Waals surface area contributed by atoms with E-state index in [1.165, 1.54) is 0 Å². The minimum atomic E-state index is -2.84. The average molecular weight is 322 g/mol. The highest BCUT2D eigenvalue weighted by Gasteiger charge is 2.34. The highest BCUT2D eigenvalue weighted by atomic mass is 32.2. The maximum Gasteiger partial charge on any atom is 0.227 e. The van der Waals surface area contributed by atoms with Crippen molar-refractivity contribution in [2.75, 3.05) is 37.7 Å². The van der Waals surface area contributed by atoms with Crippen molar-refractivity contribution >= 4 is 15.7 Å². The molecule has 1 amide bonds. The molecule has 2 saturated heterocycles. The molecule has 1 atom stereocenters. The van der Waals surface area contributed by atoms with Crippen LogP contribution in [-0.2, 0) is 21.1 Å². The van der Waals surface area contributed by atoms with E-state index in [0.717, 1.165) is 25.1 Å². The third-order valence-corrected chi connectivity index (χ3v) is 6.34. The Morgan fingerprint density at radius 2 is 1.77 bits per heavy atom. The number of piperazine rings is 1. The van der Waals surface area contributed by atoms with Gasteiger partial charge < -0.3 is 4.90 Å². The molecule has 0 radical (unpaired) electrons. The van der Waals surface area contributed by atoms with Crippen molar-refractivity contribution in [1.29, 1.82) is 0 Å². The number of sulfone groups is 1. The van der Waals surface area contributed by atoms with Gasteiger partial charge in [0.1, 0.15) is 0 Å². The third kappa shape index (κ3) is 3.67. The molecule has 22 heavy (non-hydrogen) atoms. The van der Waals surface area contributed by atoms with Gasteiger partial charge in [-0.15, -0.1) is 0 Å². The first-order valence-corrected chi connectivity index (χ1v) is 9.62. The zero-order valence-electron chi connectivity index (χ0n) is 12.6. The van der Waals surface area contributed by atoms with Gasteiger partial charge in [0.25, 0.3) is 0 Å². The van der Waals surface area contributed by atoms with Gasteiger partial charge in [0.2, 0.25) is 5.91 Å². The summed E-state index contributed by atoms with van der Waals surface area (Å²) in [6.45, 7) is 2.95. The van der Waals surface area contributed by atoms with Crippen LogP contribution in [0.2, 0.25) is 0 Å². The maximum absolute atomic E-state index is 12.3. The van der Waals surface area contributed by atoms with Crippen LogP contribution in [0.5, 0.6) is 0 Å². The molecule has 0 aromatic heterocycles. The Morgan fingerprint density at radius 1 is 1.09 bits per heavy atom. The molecule has 120 valence electrons. The number of carbonyl (C=O) groups excluding carboxylic acids is 1. The van der Waals surface area contributed by atoms with E-state index in [-0.39, 0.29) is 17.7 Å². The lowest BCUT2D eigenvalue weighted by Gasteiger charge is -2.37. The number of nitrogens with zero attached hydrogens (tertiary/aromatic N) is 2. The van der Waals surface area contributed by atoms with E-state index < -0.39 is 9.84 Å². The number of carbonyl (C=O) groups is 1. The van der Waals surface area contributed by atoms with Crippen LogP contribution in [0.1, 0.15) is 12.0 Å². The van der Waals surface area contributed by atoms with Gasteiger partial charge in [-0.2, -0.15) is 0 Å². The topological polar surface area (TPSA) is 57.7 Å². The lowest BCUT2D eigenvalue weighted by atomic mass is 10.1. The summed E-state index contributed by atoms with van der Waals surface area (Å²) in [5.74, 6) is 0.750. The number of amides is 1. The molecule has 0 spiro atoms. The second kappa shape index (κ2) is 6.38. The first kappa shape index (κ1) is 15.5. The SMILES string of the molecule is O=C(Cc1ccccc1)N1CCN(C2CCS(=O)(=O)C2)CC1. The van der Waals surface area contributed by atoms with Crippen LogP contribution in [0.25, 0.3) is 0 Å². The van der Waals surface area contributed by atoms with E-state index in [1.54, 1.807) is 0 Å². The molecule has 2 aliphatic rings. The van der Waals surface area contributed by atoms with Gasteiger partial charge in [-0.1, -0.05) is 30.3 Å². The van der Waals surface area contributed by atoms with Crippen LogP contribution >= 0.6 is 0 Å². The van der Waals surface area contributed by atoms with Crippen molar-refractivity contribution in [3.8, 4) is 0 Å². The second-order valence-electron chi connectivity index (χ2n) is 6.14. The molecule has 0 aliphatic carbocycles. The quantitative estimate of drug-likeness (QED) is 0.816. The summed E-state index contributed by atoms with van der Waals surface area (Å²) in [4.78, 5) is 16.4. The van der Waals surface area contributed by atoms with Gasteiger partial charge >= 0.3 is 0 Å². The van der Waals surface area contributed by atoms with Gasteiger partial charge in [0.15, 0.2) is 9.84 Å². The standard InChI is InChI=1S/C16H22N2O3S/c19-16(12-14-4-2-1-3-5-14)18-9-7-17(8-10-18)15-6-11-22(20,21)13-15/h1-5,15H,6-13H2. The van der Waals surface area contributed by atoms with Crippen molar-refractivity contribution < 1.29 is 13.2 Å². The number of rotatable bonds is 3. The molecule has 6 heteroatoms. The average Bonchev–Trinajstić information content (AvgIpc) is 2.88. The molecule has 0 N–H and O–H groups in total. The summed E-state index contributed by atoms with van der Waals surface area (Å²) in [7, 11) is -2.84. The summed E-state index contributed by atoms with van der Waals surface area (Å²) in [6.07, 6.45) is 1.18. The number of benzene rings is 1. The molecule has 2 aliphatic heterocycles. The van der Waals surface area contributed by atoms with Crippen LogP contribution in [0.15, 0.2) is 30.3 Å². The Labute approximate surface area is 131 Å². The number of hydrogen-bond acceptors (Lipinski definition) is 4. The summed E-state index contributed by atoms with van der Waals surface area (Å²) >= 11 is 0. The fourth-order valence-electron chi connectivity index (χ4n) is 3.28. The molecule has 3 rings (SSSR count). The van der Waals surface area contributed by atoms with E-state index in [1.807, 2.05) is 35.2 Å². The summed E-state index contributed by atoms with van der Waals surface area (Å²) in [5, 5.41) is 0. The molecule has 1 aromatic carbocycles. The highest BCUT2D eigenvalue weighted by Crippen LogP contribution is 2.19. The van der Waals surface area contributed by atoms with E-state index in [4.69, 9.17) is 0 Å². The molecular weight excluding hydrogens is 300 g/mol. The minimum absolute atomic E-state index is 0.149. The maximum atomic E-state index is 12.3. The molecule has 2 fully saturated rings. The van der Waals surface area contributed by atoms with Crippen LogP contribution in [0.4, 0.5) is 0 Å². The van der Waals surface area contributed by atoms with Crippen molar-refractivity contribution in [3.05, 3.63) is 35.9 Å². The van der Waals surface area contributed by atoms with E-state index in [0.29, 0.717) is 25.3 Å². The normalized spacial score (nSPS) is 25.3. The smallest absolute Gasteiger partial charge is 0.227 e. The molecule has 0 saturated carbocycles. The Morgan fingerprint density at radius 3 is 2.36 bits per heavy atom. The molecule has 0 bridgehead atoms. The van der Waals surface area contributed by atoms with Crippen LogP contribution in [0, 0.1) is 0 Å². The molecule has 2 heterocycles. The predicted octanol–water partition coefficient (Wildman–Crippen LogP) is 0.560. The Bertz CT molecular complexity index is 622. The van der Waals surface area contributed by atoms with Crippen LogP contribution in [0.3, 0.4) is 0 Å². The molecule has 1 aromatic rings. The van der Waals surface area contributed by atoms with Crippen molar-refractivity contribution in [2.24, 2.45) is 0 Å². The molecule has 5 nitrogen and oxygen atoms in total.